The molecule has 1 aliphatic heterocycles. The minimum atomic E-state index is 0.876. The van der Waals surface area contributed by atoms with E-state index in [1.165, 1.54) is 11.1 Å². The average molecular weight is 188 g/mol. The lowest BCUT2D eigenvalue weighted by atomic mass is 9.99. The molecule has 0 aliphatic carbocycles. The van der Waals surface area contributed by atoms with Gasteiger partial charge in [0.25, 0.3) is 0 Å². The Morgan fingerprint density at radius 3 is 3.07 bits per heavy atom. The van der Waals surface area contributed by atoms with Gasteiger partial charge in [-0.25, -0.2) is 0 Å². The molecule has 0 aromatic heterocycles. The Morgan fingerprint density at radius 1 is 1.43 bits per heavy atom. The van der Waals surface area contributed by atoms with Crippen LogP contribution in [0.5, 0.6) is 0 Å². The van der Waals surface area contributed by atoms with Crippen LogP contribution in [0.2, 0.25) is 0 Å². The summed E-state index contributed by atoms with van der Waals surface area (Å²) in [7, 11) is 0. The van der Waals surface area contributed by atoms with Gasteiger partial charge in [-0.05, 0) is 29.7 Å². The number of hydrogen-bond acceptors (Lipinski definition) is 2. The smallest absolute Gasteiger partial charge is 0.0316 e. The molecule has 2 N–H and O–H groups in total. The van der Waals surface area contributed by atoms with Crippen LogP contribution in [0.1, 0.15) is 11.1 Å². The molecule has 0 bridgehead atoms. The molecule has 0 spiro atoms. The van der Waals surface area contributed by atoms with Gasteiger partial charge in [-0.15, -0.1) is 6.58 Å². The fourth-order valence-electron chi connectivity index (χ4n) is 1.97. The van der Waals surface area contributed by atoms with Gasteiger partial charge in [-0.3, -0.25) is 4.90 Å². The normalized spacial score (nSPS) is 16.3. The van der Waals surface area contributed by atoms with Crippen molar-refractivity contribution in [1.29, 1.82) is 0 Å². The van der Waals surface area contributed by atoms with E-state index in [0.717, 1.165) is 31.7 Å². The van der Waals surface area contributed by atoms with E-state index in [1.54, 1.807) is 0 Å². The second kappa shape index (κ2) is 3.84. The Hall–Kier alpha value is -1.28. The fraction of sp³-hybridized carbons (Fsp3) is 0.333. The molecule has 14 heavy (non-hydrogen) atoms. The maximum atomic E-state index is 5.75. The van der Waals surface area contributed by atoms with Crippen LogP contribution in [0, 0.1) is 0 Å². The third-order valence-electron chi connectivity index (χ3n) is 2.71. The highest BCUT2D eigenvalue weighted by molar-refractivity contribution is 5.45. The molecule has 2 nitrogen and oxygen atoms in total. The number of rotatable bonds is 2. The van der Waals surface area contributed by atoms with Crippen LogP contribution in [0.4, 0.5) is 5.69 Å². The highest BCUT2D eigenvalue weighted by Gasteiger charge is 2.14. The Kier molecular flexibility index (Phi) is 2.55. The molecule has 1 heterocycles. The van der Waals surface area contributed by atoms with E-state index in [-0.39, 0.29) is 0 Å². The number of anilines is 1. The standard InChI is InChI=1S/C12H16N2/c1-2-6-14-7-5-10-8-12(13)4-3-11(10)9-14/h2-4,8H,1,5-7,9,13H2. The first-order valence-electron chi connectivity index (χ1n) is 5.00. The van der Waals surface area contributed by atoms with Crippen LogP contribution in [0.15, 0.2) is 30.9 Å². The first-order chi connectivity index (χ1) is 6.79. The van der Waals surface area contributed by atoms with Crippen molar-refractivity contribution < 1.29 is 0 Å². The minimum Gasteiger partial charge on any atom is -0.399 e. The Labute approximate surface area is 85.0 Å². The Balaban J connectivity index is 2.18. The summed E-state index contributed by atoms with van der Waals surface area (Å²) in [5.41, 5.74) is 9.44. The summed E-state index contributed by atoms with van der Waals surface area (Å²) in [4.78, 5) is 2.39. The predicted octanol–water partition coefficient (Wildman–Crippen LogP) is 1.81. The lowest BCUT2D eigenvalue weighted by Gasteiger charge is -2.27. The van der Waals surface area contributed by atoms with Crippen molar-refractivity contribution in [3.05, 3.63) is 42.0 Å². The van der Waals surface area contributed by atoms with Crippen LogP contribution in [0.3, 0.4) is 0 Å². The molecule has 74 valence electrons. The largest absolute Gasteiger partial charge is 0.399 e. The molecule has 1 aromatic rings. The fourth-order valence-corrected chi connectivity index (χ4v) is 1.97. The average Bonchev–Trinajstić information content (AvgIpc) is 2.19. The van der Waals surface area contributed by atoms with E-state index in [4.69, 9.17) is 5.73 Å². The Bertz CT molecular complexity index is 344. The molecule has 2 heteroatoms. The molecule has 0 radical (unpaired) electrons. The first kappa shape index (κ1) is 9.28. The SMILES string of the molecule is C=CCN1CCc2cc(N)ccc2C1. The molecule has 0 fully saturated rings. The maximum absolute atomic E-state index is 5.75. The van der Waals surface area contributed by atoms with E-state index in [2.05, 4.69) is 23.6 Å². The Morgan fingerprint density at radius 2 is 2.29 bits per heavy atom. The van der Waals surface area contributed by atoms with Gasteiger partial charge in [0.2, 0.25) is 0 Å². The minimum absolute atomic E-state index is 0.876. The lowest BCUT2D eigenvalue weighted by Crippen LogP contribution is -2.30. The van der Waals surface area contributed by atoms with Crippen LogP contribution in [-0.4, -0.2) is 18.0 Å². The summed E-state index contributed by atoms with van der Waals surface area (Å²) in [6, 6.07) is 6.22. The quantitative estimate of drug-likeness (QED) is 0.566. The van der Waals surface area contributed by atoms with Crippen molar-refractivity contribution in [2.24, 2.45) is 0 Å². The molecule has 0 saturated heterocycles. The molecule has 0 saturated carbocycles. The molecular formula is C12H16N2. The zero-order chi connectivity index (χ0) is 9.97. The number of fused-ring (bicyclic) bond motifs is 1. The third kappa shape index (κ3) is 1.80. The van der Waals surface area contributed by atoms with Crippen LogP contribution in [0.25, 0.3) is 0 Å². The molecule has 1 aromatic carbocycles. The van der Waals surface area contributed by atoms with Crippen molar-refractivity contribution in [2.45, 2.75) is 13.0 Å². The van der Waals surface area contributed by atoms with E-state index < -0.39 is 0 Å². The summed E-state index contributed by atoms with van der Waals surface area (Å²) in [6.45, 7) is 6.88. The van der Waals surface area contributed by atoms with Gasteiger partial charge in [0.05, 0.1) is 0 Å². The second-order valence-corrected chi connectivity index (χ2v) is 3.80. The molecular weight excluding hydrogens is 172 g/mol. The van der Waals surface area contributed by atoms with Gasteiger partial charge in [-0.1, -0.05) is 12.1 Å². The zero-order valence-corrected chi connectivity index (χ0v) is 8.37. The number of nitrogen functional groups attached to an aromatic ring is 1. The van der Waals surface area contributed by atoms with E-state index in [1.807, 2.05) is 12.1 Å². The summed E-state index contributed by atoms with van der Waals surface area (Å²) in [5, 5.41) is 0. The number of nitrogens with two attached hydrogens (primary N) is 1. The second-order valence-electron chi connectivity index (χ2n) is 3.80. The van der Waals surface area contributed by atoms with Crippen LogP contribution < -0.4 is 5.73 Å². The van der Waals surface area contributed by atoms with Crippen LogP contribution in [-0.2, 0) is 13.0 Å². The predicted molar refractivity (Wildman–Crippen MR) is 60.0 cm³/mol. The number of hydrogen-bond donors (Lipinski definition) is 1. The van der Waals surface area contributed by atoms with E-state index >= 15 is 0 Å². The number of benzene rings is 1. The van der Waals surface area contributed by atoms with E-state index in [0.29, 0.717) is 0 Å². The van der Waals surface area contributed by atoms with Gasteiger partial charge in [0.1, 0.15) is 0 Å². The summed E-state index contributed by atoms with van der Waals surface area (Å²) < 4.78 is 0. The summed E-state index contributed by atoms with van der Waals surface area (Å²) >= 11 is 0. The summed E-state index contributed by atoms with van der Waals surface area (Å²) in [5.74, 6) is 0. The summed E-state index contributed by atoms with van der Waals surface area (Å²) in [6.07, 6.45) is 3.07. The lowest BCUT2D eigenvalue weighted by molar-refractivity contribution is 0.282. The molecule has 0 atom stereocenters. The number of nitrogens with zero attached hydrogens (tertiary/aromatic N) is 1. The molecule has 2 rings (SSSR count). The highest BCUT2D eigenvalue weighted by Crippen LogP contribution is 2.20. The van der Waals surface area contributed by atoms with Gasteiger partial charge in [-0.2, -0.15) is 0 Å². The molecule has 0 amide bonds. The highest BCUT2D eigenvalue weighted by atomic mass is 15.1. The van der Waals surface area contributed by atoms with Crippen molar-refractivity contribution >= 4 is 5.69 Å². The van der Waals surface area contributed by atoms with E-state index in [9.17, 15) is 0 Å². The molecule has 1 aliphatic rings. The van der Waals surface area contributed by atoms with Crippen LogP contribution >= 0.6 is 0 Å². The zero-order valence-electron chi connectivity index (χ0n) is 8.37. The monoisotopic (exact) mass is 188 g/mol. The maximum Gasteiger partial charge on any atom is 0.0316 e. The molecule has 0 unspecified atom stereocenters. The van der Waals surface area contributed by atoms with Crippen molar-refractivity contribution in [2.75, 3.05) is 18.8 Å². The third-order valence-corrected chi connectivity index (χ3v) is 2.71. The van der Waals surface area contributed by atoms with Crippen molar-refractivity contribution in [3.8, 4) is 0 Å². The van der Waals surface area contributed by atoms with Gasteiger partial charge < -0.3 is 5.73 Å². The van der Waals surface area contributed by atoms with Crippen molar-refractivity contribution in [1.82, 2.24) is 4.90 Å². The van der Waals surface area contributed by atoms with Gasteiger partial charge in [0, 0.05) is 25.3 Å². The van der Waals surface area contributed by atoms with Gasteiger partial charge >= 0.3 is 0 Å². The first-order valence-corrected chi connectivity index (χ1v) is 5.00. The van der Waals surface area contributed by atoms with Crippen molar-refractivity contribution in [3.63, 3.8) is 0 Å². The topological polar surface area (TPSA) is 29.3 Å². The van der Waals surface area contributed by atoms with Gasteiger partial charge in [0.15, 0.2) is 0 Å².